The molecular formula is C18H21NO6S2. The van der Waals surface area contributed by atoms with Crippen molar-refractivity contribution in [3.8, 4) is 5.75 Å². The van der Waals surface area contributed by atoms with Gasteiger partial charge in [-0.05, 0) is 38.1 Å². The SMILES string of the molecule is COc1ccc(C(=O)OCC(=O)c2cc(C)sc2C)cc1S(=O)(=O)N(C)C. The number of benzene rings is 1. The molecule has 0 N–H and O–H groups in total. The van der Waals surface area contributed by atoms with Gasteiger partial charge < -0.3 is 9.47 Å². The Morgan fingerprint density at radius 1 is 1.15 bits per heavy atom. The van der Waals surface area contributed by atoms with Crippen LogP contribution in [-0.4, -0.2) is 52.3 Å². The van der Waals surface area contributed by atoms with Gasteiger partial charge in [-0.15, -0.1) is 11.3 Å². The third-order valence-corrected chi connectivity index (χ3v) is 6.64. The Bertz CT molecular complexity index is 976. The Hall–Kier alpha value is -2.23. The Morgan fingerprint density at radius 3 is 2.33 bits per heavy atom. The zero-order valence-corrected chi connectivity index (χ0v) is 17.4. The van der Waals surface area contributed by atoms with Crippen LogP contribution in [0, 0.1) is 13.8 Å². The van der Waals surface area contributed by atoms with Crippen LogP contribution < -0.4 is 4.74 Å². The van der Waals surface area contributed by atoms with Crippen molar-refractivity contribution < 1.29 is 27.5 Å². The van der Waals surface area contributed by atoms with E-state index in [0.29, 0.717) is 5.56 Å². The molecule has 2 aromatic rings. The second-order valence-corrected chi connectivity index (χ2v) is 9.56. The molecule has 1 aromatic heterocycles. The van der Waals surface area contributed by atoms with Gasteiger partial charge in [0.15, 0.2) is 6.61 Å². The van der Waals surface area contributed by atoms with Gasteiger partial charge in [0.2, 0.25) is 15.8 Å². The quantitative estimate of drug-likeness (QED) is 0.514. The zero-order chi connectivity index (χ0) is 20.4. The van der Waals surface area contributed by atoms with E-state index in [1.807, 2.05) is 13.8 Å². The van der Waals surface area contributed by atoms with Crippen LogP contribution in [0.3, 0.4) is 0 Å². The lowest BCUT2D eigenvalue weighted by Gasteiger charge is -2.15. The van der Waals surface area contributed by atoms with E-state index in [-0.39, 0.29) is 22.0 Å². The molecule has 7 nitrogen and oxygen atoms in total. The molecule has 1 heterocycles. The number of aryl methyl sites for hydroxylation is 2. The van der Waals surface area contributed by atoms with Crippen LogP contribution in [0.2, 0.25) is 0 Å². The highest BCUT2D eigenvalue weighted by atomic mass is 32.2. The number of ether oxygens (including phenoxy) is 2. The van der Waals surface area contributed by atoms with E-state index in [1.165, 1.54) is 50.7 Å². The van der Waals surface area contributed by atoms with Crippen LogP contribution in [0.1, 0.15) is 30.5 Å². The smallest absolute Gasteiger partial charge is 0.338 e. The molecule has 0 unspecified atom stereocenters. The minimum atomic E-state index is -3.82. The monoisotopic (exact) mass is 411 g/mol. The van der Waals surface area contributed by atoms with Gasteiger partial charge in [-0.3, -0.25) is 4.79 Å². The highest BCUT2D eigenvalue weighted by Gasteiger charge is 2.24. The molecule has 0 atom stereocenters. The van der Waals surface area contributed by atoms with Gasteiger partial charge >= 0.3 is 5.97 Å². The number of methoxy groups -OCH3 is 1. The fourth-order valence-corrected chi connectivity index (χ4v) is 4.42. The van der Waals surface area contributed by atoms with Crippen LogP contribution in [0.4, 0.5) is 0 Å². The van der Waals surface area contributed by atoms with Crippen LogP contribution in [0.15, 0.2) is 29.2 Å². The molecule has 27 heavy (non-hydrogen) atoms. The topological polar surface area (TPSA) is 90.0 Å². The number of sulfonamides is 1. The average molecular weight is 412 g/mol. The molecule has 2 rings (SSSR count). The molecule has 9 heteroatoms. The molecule has 0 spiro atoms. The van der Waals surface area contributed by atoms with Crippen molar-refractivity contribution in [3.05, 3.63) is 45.1 Å². The number of nitrogens with zero attached hydrogens (tertiary/aromatic N) is 1. The molecule has 0 aliphatic heterocycles. The molecule has 0 bridgehead atoms. The minimum absolute atomic E-state index is 0.0160. The maximum Gasteiger partial charge on any atom is 0.338 e. The van der Waals surface area contributed by atoms with Crippen molar-refractivity contribution in [2.24, 2.45) is 0 Å². The number of thiophene rings is 1. The fraction of sp³-hybridized carbons (Fsp3) is 0.333. The molecule has 0 aliphatic carbocycles. The minimum Gasteiger partial charge on any atom is -0.495 e. The number of carbonyl (C=O) groups is 2. The Balaban J connectivity index is 2.22. The summed E-state index contributed by atoms with van der Waals surface area (Å²) in [7, 11) is 0.279. The van der Waals surface area contributed by atoms with Crippen molar-refractivity contribution >= 4 is 33.1 Å². The van der Waals surface area contributed by atoms with Gasteiger partial charge in [0.05, 0.1) is 12.7 Å². The fourth-order valence-electron chi connectivity index (χ4n) is 2.40. The van der Waals surface area contributed by atoms with Crippen LogP contribution >= 0.6 is 11.3 Å². The number of Topliss-reactive ketones (excluding diaryl/α,β-unsaturated/α-hetero) is 1. The second-order valence-electron chi connectivity index (χ2n) is 5.98. The van der Waals surface area contributed by atoms with Crippen LogP contribution in [-0.2, 0) is 14.8 Å². The van der Waals surface area contributed by atoms with Crippen molar-refractivity contribution in [3.63, 3.8) is 0 Å². The average Bonchev–Trinajstić information content (AvgIpc) is 2.96. The molecule has 0 aliphatic rings. The zero-order valence-electron chi connectivity index (χ0n) is 15.7. The molecule has 0 radical (unpaired) electrons. The molecule has 1 aromatic carbocycles. The van der Waals surface area contributed by atoms with Gasteiger partial charge in [0.25, 0.3) is 0 Å². The van der Waals surface area contributed by atoms with E-state index in [9.17, 15) is 18.0 Å². The first kappa shape index (κ1) is 21.1. The highest BCUT2D eigenvalue weighted by molar-refractivity contribution is 7.89. The van der Waals surface area contributed by atoms with Gasteiger partial charge in [0, 0.05) is 29.4 Å². The van der Waals surface area contributed by atoms with Crippen LogP contribution in [0.25, 0.3) is 0 Å². The van der Waals surface area contributed by atoms with Crippen molar-refractivity contribution in [2.45, 2.75) is 18.7 Å². The van der Waals surface area contributed by atoms with Gasteiger partial charge in [-0.2, -0.15) is 0 Å². The van der Waals surface area contributed by atoms with E-state index < -0.39 is 22.6 Å². The third kappa shape index (κ3) is 4.55. The lowest BCUT2D eigenvalue weighted by Crippen LogP contribution is -2.23. The lowest BCUT2D eigenvalue weighted by molar-refractivity contribution is 0.0474. The summed E-state index contributed by atoms with van der Waals surface area (Å²) >= 11 is 1.49. The summed E-state index contributed by atoms with van der Waals surface area (Å²) in [6.07, 6.45) is 0. The summed E-state index contributed by atoms with van der Waals surface area (Å²) in [6, 6.07) is 5.70. The van der Waals surface area contributed by atoms with Gasteiger partial charge in [0.1, 0.15) is 10.6 Å². The predicted octanol–water partition coefficient (Wildman–Crippen LogP) is 2.66. The van der Waals surface area contributed by atoms with Gasteiger partial charge in [-0.1, -0.05) is 0 Å². The number of rotatable bonds is 7. The van der Waals surface area contributed by atoms with E-state index in [4.69, 9.17) is 9.47 Å². The Kier molecular flexibility index (Phi) is 6.40. The van der Waals surface area contributed by atoms with Crippen molar-refractivity contribution in [1.29, 1.82) is 0 Å². The molecule has 0 fully saturated rings. The maximum atomic E-state index is 12.4. The standard InChI is InChI=1S/C18H21NO6S2/c1-11-8-14(12(2)26-11)15(20)10-25-18(21)13-6-7-16(24-5)17(9-13)27(22,23)19(3)4/h6-9H,10H2,1-5H3. The van der Waals surface area contributed by atoms with Crippen molar-refractivity contribution in [2.75, 3.05) is 27.8 Å². The molecule has 0 saturated carbocycles. The predicted molar refractivity (Wildman–Crippen MR) is 102 cm³/mol. The number of esters is 1. The summed E-state index contributed by atoms with van der Waals surface area (Å²) in [6.45, 7) is 3.30. The molecule has 0 saturated heterocycles. The number of hydrogen-bond acceptors (Lipinski definition) is 7. The van der Waals surface area contributed by atoms with Gasteiger partial charge in [-0.25, -0.2) is 17.5 Å². The lowest BCUT2D eigenvalue weighted by atomic mass is 10.1. The maximum absolute atomic E-state index is 12.4. The summed E-state index contributed by atoms with van der Waals surface area (Å²) in [5.41, 5.74) is 0.540. The first-order chi connectivity index (χ1) is 12.6. The molecule has 146 valence electrons. The van der Waals surface area contributed by atoms with E-state index in [1.54, 1.807) is 6.07 Å². The van der Waals surface area contributed by atoms with Crippen molar-refractivity contribution in [1.82, 2.24) is 4.31 Å². The van der Waals surface area contributed by atoms with E-state index in [0.717, 1.165) is 14.1 Å². The number of hydrogen-bond donors (Lipinski definition) is 0. The summed E-state index contributed by atoms with van der Waals surface area (Å²) in [4.78, 5) is 26.2. The summed E-state index contributed by atoms with van der Waals surface area (Å²) in [5, 5.41) is 0. The van der Waals surface area contributed by atoms with E-state index in [2.05, 4.69) is 0 Å². The Morgan fingerprint density at radius 2 is 1.81 bits per heavy atom. The molecular weight excluding hydrogens is 390 g/mol. The summed E-state index contributed by atoms with van der Waals surface area (Å²) < 4.78 is 36.0. The highest BCUT2D eigenvalue weighted by Crippen LogP contribution is 2.27. The van der Waals surface area contributed by atoms with E-state index >= 15 is 0 Å². The number of carbonyl (C=O) groups excluding carboxylic acids is 2. The third-order valence-electron chi connectivity index (χ3n) is 3.83. The second kappa shape index (κ2) is 8.20. The Labute approximate surface area is 162 Å². The first-order valence-electron chi connectivity index (χ1n) is 7.96. The summed E-state index contributed by atoms with van der Waals surface area (Å²) in [5.74, 6) is -0.980. The molecule has 0 amide bonds. The normalized spacial score (nSPS) is 11.5. The first-order valence-corrected chi connectivity index (χ1v) is 10.2. The van der Waals surface area contributed by atoms with Crippen LogP contribution in [0.5, 0.6) is 5.75 Å². The largest absolute Gasteiger partial charge is 0.495 e. The number of ketones is 1.